The van der Waals surface area contributed by atoms with Gasteiger partial charge in [0.25, 0.3) is 5.69 Å². The van der Waals surface area contributed by atoms with Crippen LogP contribution >= 0.6 is 0 Å². The minimum absolute atomic E-state index is 0.175. The number of phenols is 1. The minimum Gasteiger partial charge on any atom is -0.508 e. The van der Waals surface area contributed by atoms with E-state index in [-0.39, 0.29) is 17.0 Å². The summed E-state index contributed by atoms with van der Waals surface area (Å²) in [6, 6.07) is 21.1. The third-order valence-electron chi connectivity index (χ3n) is 6.74. The van der Waals surface area contributed by atoms with Crippen molar-refractivity contribution in [1.82, 2.24) is 9.80 Å². The van der Waals surface area contributed by atoms with Crippen molar-refractivity contribution in [3.05, 3.63) is 93.5 Å². The van der Waals surface area contributed by atoms with Gasteiger partial charge in [-0.15, -0.1) is 0 Å². The number of para-hydroxylation sites is 2. The van der Waals surface area contributed by atoms with Gasteiger partial charge in [-0.05, 0) is 24.6 Å². The molecule has 0 aliphatic carbocycles. The Morgan fingerprint density at radius 3 is 1.87 bits per heavy atom. The maximum atomic E-state index is 11.7. The van der Waals surface area contributed by atoms with Gasteiger partial charge >= 0.3 is 0 Å². The number of nitrogens with zero attached hydrogens (tertiary/aromatic N) is 5. The van der Waals surface area contributed by atoms with Gasteiger partial charge in [-0.3, -0.25) is 19.9 Å². The first kappa shape index (κ1) is 26.4. The van der Waals surface area contributed by atoms with Crippen molar-refractivity contribution in [1.29, 1.82) is 10.5 Å². The molecule has 2 unspecified atom stereocenters. The topological polar surface area (TPSA) is 136 Å². The molecular formula is C28H27N5O5. The molecule has 1 aliphatic heterocycles. The van der Waals surface area contributed by atoms with Crippen LogP contribution in [0.1, 0.15) is 41.4 Å². The number of hydrogen-bond donors (Lipinski definition) is 1. The maximum absolute atomic E-state index is 11.7. The van der Waals surface area contributed by atoms with Gasteiger partial charge in [-0.25, -0.2) is 0 Å². The molecule has 10 heteroatoms. The Balaban J connectivity index is 1.93. The number of benzene rings is 3. The Morgan fingerprint density at radius 2 is 1.42 bits per heavy atom. The fourth-order valence-electron chi connectivity index (χ4n) is 5.06. The number of nitro benzene ring substituents is 1. The molecule has 2 atom stereocenters. The number of aromatic hydroxyl groups is 1. The zero-order chi connectivity index (χ0) is 27.2. The van der Waals surface area contributed by atoms with Crippen LogP contribution < -0.4 is 9.47 Å². The van der Waals surface area contributed by atoms with Gasteiger partial charge in [0.05, 0.1) is 37.4 Å². The fourth-order valence-corrected chi connectivity index (χ4v) is 5.06. The van der Waals surface area contributed by atoms with Gasteiger partial charge < -0.3 is 14.6 Å². The highest BCUT2D eigenvalue weighted by atomic mass is 16.6. The number of non-ortho nitro benzene ring substituents is 1. The molecule has 1 aliphatic rings. The highest BCUT2D eigenvalue weighted by molar-refractivity contribution is 5.47. The van der Waals surface area contributed by atoms with E-state index in [0.717, 1.165) is 0 Å². The first-order chi connectivity index (χ1) is 18.4. The predicted octanol–water partition coefficient (Wildman–Crippen LogP) is 4.85. The van der Waals surface area contributed by atoms with Crippen LogP contribution in [0.3, 0.4) is 0 Å². The van der Waals surface area contributed by atoms with E-state index in [1.165, 1.54) is 32.4 Å². The molecule has 1 N–H and O–H groups in total. The Morgan fingerprint density at radius 1 is 0.921 bits per heavy atom. The fraction of sp³-hybridized carbons (Fsp3) is 0.286. The second kappa shape index (κ2) is 11.6. The van der Waals surface area contributed by atoms with Crippen molar-refractivity contribution in [3.8, 4) is 29.4 Å². The minimum atomic E-state index is -0.854. The van der Waals surface area contributed by atoms with Crippen molar-refractivity contribution < 1.29 is 19.5 Å². The van der Waals surface area contributed by atoms with Crippen LogP contribution in [0.2, 0.25) is 0 Å². The largest absolute Gasteiger partial charge is 0.508 e. The van der Waals surface area contributed by atoms with Crippen LogP contribution in [0.4, 0.5) is 5.69 Å². The number of rotatable bonds is 8. The van der Waals surface area contributed by atoms with Gasteiger partial charge in [0.15, 0.2) is 0 Å². The second-order valence-corrected chi connectivity index (χ2v) is 8.75. The first-order valence-corrected chi connectivity index (χ1v) is 12.0. The summed E-state index contributed by atoms with van der Waals surface area (Å²) in [5.74, 6) is 0.852. The number of nitriles is 2. The van der Waals surface area contributed by atoms with Crippen molar-refractivity contribution in [2.24, 2.45) is 0 Å². The zero-order valence-corrected chi connectivity index (χ0v) is 21.0. The van der Waals surface area contributed by atoms with Crippen LogP contribution in [-0.2, 0) is 0 Å². The summed E-state index contributed by atoms with van der Waals surface area (Å²) in [5.41, 5.74) is 1.24. The van der Waals surface area contributed by atoms with E-state index in [1.54, 1.807) is 48.5 Å². The molecular weight excluding hydrogens is 486 g/mol. The standard InChI is InChI=1S/C28H27N5O5/c1-37-26-10-5-3-8-20(26)23(17-29)31-14-7-15-32(24(18-30)21-9-4-6-11-27(21)38-2)28(31)22-16-19(33(35)36)12-13-25(22)34/h3-6,8-13,16,23-24,28,34H,7,14-15H2,1-2H3. The van der Waals surface area contributed by atoms with E-state index in [1.807, 2.05) is 9.80 Å². The molecule has 3 aromatic rings. The summed E-state index contributed by atoms with van der Waals surface area (Å²) >= 11 is 0. The average molecular weight is 514 g/mol. The smallest absolute Gasteiger partial charge is 0.270 e. The van der Waals surface area contributed by atoms with E-state index in [0.29, 0.717) is 42.1 Å². The summed E-state index contributed by atoms with van der Waals surface area (Å²) < 4.78 is 11.1. The van der Waals surface area contributed by atoms with Crippen molar-refractivity contribution >= 4 is 5.69 Å². The highest BCUT2D eigenvalue weighted by Gasteiger charge is 2.42. The van der Waals surface area contributed by atoms with E-state index in [2.05, 4.69) is 12.1 Å². The van der Waals surface area contributed by atoms with Crippen molar-refractivity contribution in [2.75, 3.05) is 27.3 Å². The molecule has 0 aromatic heterocycles. The molecule has 0 spiro atoms. The molecule has 194 valence electrons. The quantitative estimate of drug-likeness (QED) is 0.331. The van der Waals surface area contributed by atoms with Gasteiger partial charge in [-0.1, -0.05) is 36.4 Å². The molecule has 1 fully saturated rings. The molecule has 3 aromatic carbocycles. The molecule has 38 heavy (non-hydrogen) atoms. The SMILES string of the molecule is COc1ccccc1C(C#N)N1CCCN(C(C#N)c2ccccc2OC)C1c1cc([N+](=O)[O-])ccc1O. The zero-order valence-electron chi connectivity index (χ0n) is 21.0. The Bertz CT molecular complexity index is 1330. The molecule has 1 heterocycles. The Kier molecular flexibility index (Phi) is 8.07. The van der Waals surface area contributed by atoms with Gasteiger partial charge in [0, 0.05) is 41.9 Å². The van der Waals surface area contributed by atoms with Gasteiger partial charge in [0.1, 0.15) is 29.3 Å². The van der Waals surface area contributed by atoms with Crippen molar-refractivity contribution in [3.63, 3.8) is 0 Å². The summed E-state index contributed by atoms with van der Waals surface area (Å²) in [6.45, 7) is 0.868. The Labute approximate surface area is 220 Å². The van der Waals surface area contributed by atoms with Gasteiger partial charge in [0.2, 0.25) is 0 Å². The van der Waals surface area contributed by atoms with Crippen LogP contribution in [0.5, 0.6) is 17.2 Å². The number of hydrogen-bond acceptors (Lipinski definition) is 9. The molecule has 10 nitrogen and oxygen atoms in total. The van der Waals surface area contributed by atoms with E-state index in [9.17, 15) is 25.7 Å². The number of nitro groups is 1. The van der Waals surface area contributed by atoms with E-state index in [4.69, 9.17) is 9.47 Å². The summed E-state index contributed by atoms with van der Waals surface area (Å²) in [7, 11) is 3.04. The first-order valence-electron chi connectivity index (χ1n) is 12.0. The second-order valence-electron chi connectivity index (χ2n) is 8.75. The van der Waals surface area contributed by atoms with E-state index < -0.39 is 23.2 Å². The predicted molar refractivity (Wildman–Crippen MR) is 138 cm³/mol. The number of phenolic OH excluding ortho intramolecular Hbond substituents is 1. The van der Waals surface area contributed by atoms with Crippen molar-refractivity contribution in [2.45, 2.75) is 24.7 Å². The molecule has 4 rings (SSSR count). The Hall–Kier alpha value is -4.64. The highest BCUT2D eigenvalue weighted by Crippen LogP contribution is 2.46. The lowest BCUT2D eigenvalue weighted by Gasteiger charge is -2.47. The lowest BCUT2D eigenvalue weighted by molar-refractivity contribution is -0.385. The molecule has 0 radical (unpaired) electrons. The maximum Gasteiger partial charge on any atom is 0.270 e. The van der Waals surface area contributed by atoms with Crippen LogP contribution in [0, 0.1) is 32.8 Å². The monoisotopic (exact) mass is 513 g/mol. The summed E-state index contributed by atoms with van der Waals surface area (Å²) in [4.78, 5) is 14.8. The summed E-state index contributed by atoms with van der Waals surface area (Å²) in [5, 5.41) is 43.4. The van der Waals surface area contributed by atoms with E-state index >= 15 is 0 Å². The van der Waals surface area contributed by atoms with Gasteiger partial charge in [-0.2, -0.15) is 10.5 Å². The number of ether oxygens (including phenoxy) is 2. The molecule has 0 amide bonds. The normalized spacial score (nSPS) is 17.5. The molecule has 0 bridgehead atoms. The lowest BCUT2D eigenvalue weighted by Crippen LogP contribution is -2.50. The summed E-state index contributed by atoms with van der Waals surface area (Å²) in [6.07, 6.45) is -0.250. The van der Waals surface area contributed by atoms with Crippen LogP contribution in [0.25, 0.3) is 0 Å². The van der Waals surface area contributed by atoms with Crippen LogP contribution in [-0.4, -0.2) is 47.1 Å². The molecule has 0 saturated carbocycles. The third kappa shape index (κ3) is 4.96. The van der Waals surface area contributed by atoms with Crippen LogP contribution in [0.15, 0.2) is 66.7 Å². The average Bonchev–Trinajstić information content (AvgIpc) is 2.95. The number of methoxy groups -OCH3 is 2. The third-order valence-corrected chi connectivity index (χ3v) is 6.74. The lowest BCUT2D eigenvalue weighted by atomic mass is 9.95. The molecule has 1 saturated heterocycles.